The van der Waals surface area contributed by atoms with Gasteiger partial charge in [0.15, 0.2) is 0 Å². The maximum atomic E-state index is 13.1. The first-order chi connectivity index (χ1) is 15.4. The molecular formula is C24H25ClN4O3. The summed E-state index contributed by atoms with van der Waals surface area (Å²) in [5.74, 6) is 1.16. The minimum absolute atomic E-state index is 0.0590. The van der Waals surface area contributed by atoms with E-state index in [1.54, 1.807) is 37.1 Å². The molecule has 2 aromatic carbocycles. The van der Waals surface area contributed by atoms with Crippen molar-refractivity contribution in [3.8, 4) is 17.1 Å². The molecule has 32 heavy (non-hydrogen) atoms. The molecule has 0 unspecified atom stereocenters. The van der Waals surface area contributed by atoms with Crippen molar-refractivity contribution >= 4 is 23.2 Å². The number of nitrogens with zero attached hydrogens (tertiary/aromatic N) is 4. The van der Waals surface area contributed by atoms with Gasteiger partial charge in [-0.1, -0.05) is 23.7 Å². The van der Waals surface area contributed by atoms with Crippen LogP contribution in [0.3, 0.4) is 0 Å². The van der Waals surface area contributed by atoms with Crippen LogP contribution in [0.15, 0.2) is 59.4 Å². The van der Waals surface area contributed by atoms with E-state index in [4.69, 9.17) is 16.3 Å². The number of ether oxygens (including phenoxy) is 1. The largest absolute Gasteiger partial charge is 0.497 e. The average Bonchev–Trinajstić information content (AvgIpc) is 2.80. The maximum absolute atomic E-state index is 13.1. The highest BCUT2D eigenvalue weighted by atomic mass is 35.5. The zero-order valence-corrected chi connectivity index (χ0v) is 18.9. The van der Waals surface area contributed by atoms with E-state index in [1.165, 1.54) is 10.6 Å². The van der Waals surface area contributed by atoms with Gasteiger partial charge in [-0.25, -0.2) is 4.98 Å². The zero-order valence-electron chi connectivity index (χ0n) is 18.1. The lowest BCUT2D eigenvalue weighted by Gasteiger charge is -2.36. The number of aryl methyl sites for hydroxylation is 1. The highest BCUT2D eigenvalue weighted by molar-refractivity contribution is 6.30. The predicted molar refractivity (Wildman–Crippen MR) is 125 cm³/mol. The number of halogens is 1. The Hall–Kier alpha value is -3.32. The van der Waals surface area contributed by atoms with Crippen molar-refractivity contribution in [2.45, 2.75) is 13.5 Å². The van der Waals surface area contributed by atoms with Crippen LogP contribution in [0, 0.1) is 6.92 Å². The summed E-state index contributed by atoms with van der Waals surface area (Å²) < 4.78 is 6.64. The van der Waals surface area contributed by atoms with Crippen molar-refractivity contribution in [3.63, 3.8) is 0 Å². The number of methoxy groups -OCH3 is 1. The summed E-state index contributed by atoms with van der Waals surface area (Å²) in [7, 11) is 1.64. The Morgan fingerprint density at radius 1 is 1.06 bits per heavy atom. The van der Waals surface area contributed by atoms with Crippen LogP contribution in [0.2, 0.25) is 5.02 Å². The third kappa shape index (κ3) is 4.78. The molecule has 0 saturated carbocycles. The van der Waals surface area contributed by atoms with Crippen molar-refractivity contribution in [1.82, 2.24) is 14.5 Å². The van der Waals surface area contributed by atoms with Gasteiger partial charge in [0.1, 0.15) is 18.1 Å². The second-order valence-electron chi connectivity index (χ2n) is 7.72. The number of carbonyl (C=O) groups is 1. The number of aromatic nitrogens is 2. The van der Waals surface area contributed by atoms with E-state index in [0.717, 1.165) is 24.5 Å². The second kappa shape index (κ2) is 9.44. The number of hydrogen-bond donors (Lipinski definition) is 0. The summed E-state index contributed by atoms with van der Waals surface area (Å²) in [5, 5.41) is 0.547. The molecule has 1 aromatic heterocycles. The molecule has 0 spiro atoms. The molecule has 0 N–H and O–H groups in total. The van der Waals surface area contributed by atoms with E-state index >= 15 is 0 Å². The van der Waals surface area contributed by atoms with Gasteiger partial charge in [-0.2, -0.15) is 0 Å². The minimum atomic E-state index is -0.252. The van der Waals surface area contributed by atoms with E-state index in [1.807, 2.05) is 30.3 Å². The van der Waals surface area contributed by atoms with Crippen LogP contribution in [0.5, 0.6) is 5.75 Å². The average molecular weight is 453 g/mol. The van der Waals surface area contributed by atoms with Gasteiger partial charge in [-0.15, -0.1) is 0 Å². The molecule has 8 heteroatoms. The molecule has 1 saturated heterocycles. The fourth-order valence-corrected chi connectivity index (χ4v) is 4.05. The summed E-state index contributed by atoms with van der Waals surface area (Å²) in [6.45, 7) is 4.33. The Balaban J connectivity index is 1.48. The standard InChI is InChI=1S/C24H25ClN4O3/c1-17-14-22(30)29(24(26-17)18-4-3-5-19(25)15-18)16-23(31)28-12-10-27(11-13-28)20-6-8-21(32-2)9-7-20/h3-9,14-15H,10-13,16H2,1-2H3. The number of carbonyl (C=O) groups excluding carboxylic acids is 1. The molecule has 7 nitrogen and oxygen atoms in total. The van der Waals surface area contributed by atoms with Crippen LogP contribution in [-0.4, -0.2) is 53.6 Å². The van der Waals surface area contributed by atoms with Crippen molar-refractivity contribution in [2.75, 3.05) is 38.2 Å². The van der Waals surface area contributed by atoms with Crippen LogP contribution in [-0.2, 0) is 11.3 Å². The van der Waals surface area contributed by atoms with Gasteiger partial charge in [0.2, 0.25) is 5.91 Å². The SMILES string of the molecule is COc1ccc(N2CCN(C(=O)Cn3c(-c4cccc(Cl)c4)nc(C)cc3=O)CC2)cc1. The van der Waals surface area contributed by atoms with Gasteiger partial charge in [-0.05, 0) is 43.3 Å². The molecule has 1 aliphatic rings. The fraction of sp³-hybridized carbons (Fsp3) is 0.292. The Morgan fingerprint density at radius 3 is 2.44 bits per heavy atom. The van der Waals surface area contributed by atoms with E-state index in [2.05, 4.69) is 9.88 Å². The normalized spacial score (nSPS) is 13.8. The van der Waals surface area contributed by atoms with Crippen molar-refractivity contribution < 1.29 is 9.53 Å². The van der Waals surface area contributed by atoms with Crippen molar-refractivity contribution in [2.24, 2.45) is 0 Å². The molecule has 0 radical (unpaired) electrons. The topological polar surface area (TPSA) is 67.7 Å². The maximum Gasteiger partial charge on any atom is 0.254 e. The second-order valence-corrected chi connectivity index (χ2v) is 8.16. The van der Waals surface area contributed by atoms with Crippen LogP contribution in [0.1, 0.15) is 5.69 Å². The first-order valence-electron chi connectivity index (χ1n) is 10.5. The minimum Gasteiger partial charge on any atom is -0.497 e. The summed E-state index contributed by atoms with van der Waals surface area (Å²) in [5.41, 5.74) is 2.15. The predicted octanol–water partition coefficient (Wildman–Crippen LogP) is 3.23. The summed E-state index contributed by atoms with van der Waals surface area (Å²) in [4.78, 5) is 34.3. The van der Waals surface area contributed by atoms with Gasteiger partial charge in [0, 0.05) is 54.2 Å². The summed E-state index contributed by atoms with van der Waals surface area (Å²) in [6.07, 6.45) is 0. The quantitative estimate of drug-likeness (QED) is 0.594. The number of benzene rings is 2. The van der Waals surface area contributed by atoms with Gasteiger partial charge in [0.05, 0.1) is 7.11 Å². The molecule has 4 rings (SSSR count). The Labute approximate surface area is 191 Å². The Morgan fingerprint density at radius 2 is 1.78 bits per heavy atom. The number of piperazine rings is 1. The zero-order chi connectivity index (χ0) is 22.7. The Bertz CT molecular complexity index is 1170. The van der Waals surface area contributed by atoms with Crippen molar-refractivity contribution in [3.05, 3.63) is 75.7 Å². The monoisotopic (exact) mass is 452 g/mol. The molecule has 166 valence electrons. The number of rotatable bonds is 5. The lowest BCUT2D eigenvalue weighted by atomic mass is 10.2. The van der Waals surface area contributed by atoms with E-state index in [-0.39, 0.29) is 18.0 Å². The third-order valence-corrected chi connectivity index (χ3v) is 5.82. The smallest absolute Gasteiger partial charge is 0.254 e. The van der Waals surface area contributed by atoms with Crippen LogP contribution in [0.4, 0.5) is 5.69 Å². The van der Waals surface area contributed by atoms with E-state index in [9.17, 15) is 9.59 Å². The van der Waals surface area contributed by atoms with Gasteiger partial charge in [-0.3, -0.25) is 14.2 Å². The van der Waals surface area contributed by atoms with Crippen LogP contribution < -0.4 is 15.2 Å². The summed E-state index contributed by atoms with van der Waals surface area (Å²) in [6, 6.07) is 16.5. The lowest BCUT2D eigenvalue weighted by molar-refractivity contribution is -0.132. The van der Waals surface area contributed by atoms with Crippen molar-refractivity contribution in [1.29, 1.82) is 0 Å². The molecule has 0 bridgehead atoms. The molecule has 1 fully saturated rings. The van der Waals surface area contributed by atoms with Crippen LogP contribution >= 0.6 is 11.6 Å². The molecule has 0 atom stereocenters. The molecule has 2 heterocycles. The molecule has 0 aliphatic carbocycles. The summed E-state index contributed by atoms with van der Waals surface area (Å²) >= 11 is 6.13. The lowest BCUT2D eigenvalue weighted by Crippen LogP contribution is -2.50. The first kappa shape index (κ1) is 21.9. The van der Waals surface area contributed by atoms with Gasteiger partial charge < -0.3 is 14.5 Å². The first-order valence-corrected chi connectivity index (χ1v) is 10.8. The van der Waals surface area contributed by atoms with Gasteiger partial charge >= 0.3 is 0 Å². The number of hydrogen-bond acceptors (Lipinski definition) is 5. The Kier molecular flexibility index (Phi) is 6.46. The highest BCUT2D eigenvalue weighted by Crippen LogP contribution is 2.22. The van der Waals surface area contributed by atoms with E-state index in [0.29, 0.717) is 35.2 Å². The van der Waals surface area contributed by atoms with Gasteiger partial charge in [0.25, 0.3) is 5.56 Å². The van der Waals surface area contributed by atoms with E-state index < -0.39 is 0 Å². The number of anilines is 1. The fourth-order valence-electron chi connectivity index (χ4n) is 3.86. The molecule has 3 aromatic rings. The molecule has 1 aliphatic heterocycles. The molecule has 1 amide bonds. The number of amides is 1. The third-order valence-electron chi connectivity index (χ3n) is 5.58. The van der Waals surface area contributed by atoms with Crippen LogP contribution in [0.25, 0.3) is 11.4 Å². The highest BCUT2D eigenvalue weighted by Gasteiger charge is 2.23. The molecular weight excluding hydrogens is 428 g/mol.